The van der Waals surface area contributed by atoms with Gasteiger partial charge in [-0.3, -0.25) is 4.79 Å². The maximum absolute atomic E-state index is 12.0. The Labute approximate surface area is 150 Å². The quantitative estimate of drug-likeness (QED) is 0.457. The second-order valence-corrected chi connectivity index (χ2v) is 6.19. The molecule has 0 radical (unpaired) electrons. The molecule has 0 atom stereocenters. The van der Waals surface area contributed by atoms with E-state index in [-0.39, 0.29) is 10.7 Å². The van der Waals surface area contributed by atoms with E-state index < -0.39 is 18.5 Å². The summed E-state index contributed by atoms with van der Waals surface area (Å²) in [4.78, 5) is 31.7. The van der Waals surface area contributed by atoms with Crippen LogP contribution in [0.3, 0.4) is 0 Å². The molecule has 0 saturated carbocycles. The summed E-state index contributed by atoms with van der Waals surface area (Å²) in [6.45, 7) is -0.449. The van der Waals surface area contributed by atoms with Gasteiger partial charge in [-0.25, -0.2) is 14.8 Å². The van der Waals surface area contributed by atoms with Gasteiger partial charge < -0.3 is 10.1 Å². The first-order valence-electron chi connectivity index (χ1n) is 6.29. The van der Waals surface area contributed by atoms with E-state index in [1.165, 1.54) is 18.0 Å². The molecule has 1 aromatic heterocycles. The van der Waals surface area contributed by atoms with E-state index in [1.807, 2.05) is 6.07 Å². The molecule has 120 valence electrons. The van der Waals surface area contributed by atoms with Gasteiger partial charge in [0, 0.05) is 4.47 Å². The molecular weight excluding hydrogens is 406 g/mol. The van der Waals surface area contributed by atoms with Gasteiger partial charge in [-0.2, -0.15) is 0 Å². The van der Waals surface area contributed by atoms with Crippen LogP contribution in [-0.2, 0) is 9.53 Å². The Balaban J connectivity index is 1.96. The highest BCUT2D eigenvalue weighted by atomic mass is 79.9. The van der Waals surface area contributed by atoms with Crippen LogP contribution in [0.15, 0.2) is 40.1 Å². The third-order valence-electron chi connectivity index (χ3n) is 2.58. The standard InChI is InChI=1S/C14H11BrClN3O3S/c1-23-14-17-6-9(16)12(19-14)13(21)22-7-11(20)18-10-5-3-2-4-8(10)15/h2-6H,7H2,1H3,(H,18,20). The third kappa shape index (κ3) is 4.92. The lowest BCUT2D eigenvalue weighted by Crippen LogP contribution is -2.21. The fourth-order valence-electron chi connectivity index (χ4n) is 1.54. The lowest BCUT2D eigenvalue weighted by Gasteiger charge is -2.08. The van der Waals surface area contributed by atoms with E-state index in [0.29, 0.717) is 10.8 Å². The highest BCUT2D eigenvalue weighted by molar-refractivity contribution is 9.10. The van der Waals surface area contributed by atoms with Crippen LogP contribution in [-0.4, -0.2) is 34.7 Å². The molecule has 6 nitrogen and oxygen atoms in total. The number of para-hydroxylation sites is 1. The van der Waals surface area contributed by atoms with Crippen LogP contribution >= 0.6 is 39.3 Å². The Kier molecular flexibility index (Phi) is 6.37. The first-order chi connectivity index (χ1) is 11.0. The molecule has 0 spiro atoms. The van der Waals surface area contributed by atoms with Crippen molar-refractivity contribution in [2.24, 2.45) is 0 Å². The molecule has 1 amide bonds. The maximum atomic E-state index is 12.0. The summed E-state index contributed by atoms with van der Waals surface area (Å²) in [7, 11) is 0. The van der Waals surface area contributed by atoms with E-state index in [0.717, 1.165) is 4.47 Å². The summed E-state index contributed by atoms with van der Waals surface area (Å²) >= 11 is 10.4. The molecule has 1 aromatic carbocycles. The molecule has 1 heterocycles. The van der Waals surface area contributed by atoms with Crippen molar-refractivity contribution in [2.45, 2.75) is 5.16 Å². The Morgan fingerprint density at radius 3 is 2.83 bits per heavy atom. The lowest BCUT2D eigenvalue weighted by molar-refractivity contribution is -0.119. The number of amides is 1. The van der Waals surface area contributed by atoms with Crippen LogP contribution in [0.25, 0.3) is 0 Å². The normalized spacial score (nSPS) is 10.2. The number of benzene rings is 1. The molecule has 0 bridgehead atoms. The van der Waals surface area contributed by atoms with Crippen molar-refractivity contribution in [2.75, 3.05) is 18.2 Å². The number of thioether (sulfide) groups is 1. The van der Waals surface area contributed by atoms with Crippen molar-refractivity contribution in [1.29, 1.82) is 0 Å². The summed E-state index contributed by atoms with van der Waals surface area (Å²) in [5.41, 5.74) is 0.512. The molecular formula is C14H11BrClN3O3S. The van der Waals surface area contributed by atoms with Crippen LogP contribution in [0.2, 0.25) is 5.02 Å². The number of hydrogen-bond donors (Lipinski definition) is 1. The maximum Gasteiger partial charge on any atom is 0.359 e. The smallest absolute Gasteiger partial charge is 0.359 e. The van der Waals surface area contributed by atoms with Crippen molar-refractivity contribution < 1.29 is 14.3 Å². The van der Waals surface area contributed by atoms with Crippen LogP contribution in [0.5, 0.6) is 0 Å². The monoisotopic (exact) mass is 415 g/mol. The molecule has 0 fully saturated rings. The van der Waals surface area contributed by atoms with Crippen molar-refractivity contribution in [3.63, 3.8) is 0 Å². The Morgan fingerprint density at radius 2 is 2.13 bits per heavy atom. The Bertz CT molecular complexity index is 745. The van der Waals surface area contributed by atoms with Gasteiger partial charge in [-0.05, 0) is 34.3 Å². The third-order valence-corrected chi connectivity index (χ3v) is 4.11. The second kappa shape index (κ2) is 8.28. The first-order valence-corrected chi connectivity index (χ1v) is 8.69. The second-order valence-electron chi connectivity index (χ2n) is 4.16. The van der Waals surface area contributed by atoms with E-state index in [1.54, 1.807) is 24.5 Å². The number of esters is 1. The zero-order chi connectivity index (χ0) is 16.8. The number of rotatable bonds is 5. The van der Waals surface area contributed by atoms with Gasteiger partial charge in [0.1, 0.15) is 0 Å². The van der Waals surface area contributed by atoms with Crippen molar-refractivity contribution in [3.8, 4) is 0 Å². The van der Waals surface area contributed by atoms with Crippen LogP contribution in [0.1, 0.15) is 10.5 Å². The summed E-state index contributed by atoms with van der Waals surface area (Å²) in [5.74, 6) is -1.25. The van der Waals surface area contributed by atoms with Gasteiger partial charge in [0.05, 0.1) is 16.9 Å². The topological polar surface area (TPSA) is 81.2 Å². The fraction of sp³-hybridized carbons (Fsp3) is 0.143. The van der Waals surface area contributed by atoms with E-state index in [4.69, 9.17) is 16.3 Å². The predicted octanol–water partition coefficient (Wildman–Crippen LogP) is 3.41. The van der Waals surface area contributed by atoms with Crippen molar-refractivity contribution >= 4 is 56.9 Å². The van der Waals surface area contributed by atoms with Gasteiger partial charge >= 0.3 is 5.97 Å². The van der Waals surface area contributed by atoms with Crippen LogP contribution in [0.4, 0.5) is 5.69 Å². The zero-order valence-corrected chi connectivity index (χ0v) is 15.0. The lowest BCUT2D eigenvalue weighted by atomic mass is 10.3. The van der Waals surface area contributed by atoms with E-state index in [2.05, 4.69) is 31.2 Å². The van der Waals surface area contributed by atoms with Gasteiger partial charge in [0.25, 0.3) is 5.91 Å². The molecule has 0 aliphatic heterocycles. The minimum atomic E-state index is -0.782. The zero-order valence-electron chi connectivity index (χ0n) is 11.9. The molecule has 9 heteroatoms. The SMILES string of the molecule is CSc1ncc(Cl)c(C(=O)OCC(=O)Nc2ccccc2Br)n1. The summed E-state index contributed by atoms with van der Waals surface area (Å²) in [5, 5.41) is 3.08. The number of halogens is 2. The minimum Gasteiger partial charge on any atom is -0.451 e. The number of carbonyl (C=O) groups is 2. The molecule has 1 N–H and O–H groups in total. The highest BCUT2D eigenvalue weighted by Crippen LogP contribution is 2.21. The minimum absolute atomic E-state index is 0.0685. The van der Waals surface area contributed by atoms with Crippen molar-refractivity contribution in [1.82, 2.24) is 9.97 Å². The first kappa shape index (κ1) is 17.7. The highest BCUT2D eigenvalue weighted by Gasteiger charge is 2.17. The molecule has 23 heavy (non-hydrogen) atoms. The molecule has 0 unspecified atom stereocenters. The Morgan fingerprint density at radius 1 is 1.39 bits per heavy atom. The van der Waals surface area contributed by atoms with Crippen LogP contribution < -0.4 is 5.32 Å². The number of nitrogens with zero attached hydrogens (tertiary/aromatic N) is 2. The summed E-state index contributed by atoms with van der Waals surface area (Å²) in [6.07, 6.45) is 3.08. The van der Waals surface area contributed by atoms with E-state index in [9.17, 15) is 9.59 Å². The van der Waals surface area contributed by atoms with Gasteiger partial charge in [0.2, 0.25) is 0 Å². The van der Waals surface area contributed by atoms with Gasteiger partial charge in [-0.1, -0.05) is 35.5 Å². The molecule has 2 aromatic rings. The number of aromatic nitrogens is 2. The van der Waals surface area contributed by atoms with Crippen molar-refractivity contribution in [3.05, 3.63) is 45.7 Å². The fourth-order valence-corrected chi connectivity index (χ4v) is 2.43. The van der Waals surface area contributed by atoms with Crippen LogP contribution in [0, 0.1) is 0 Å². The Hall–Kier alpha value is -1.64. The average Bonchev–Trinajstić information content (AvgIpc) is 2.55. The molecule has 2 rings (SSSR count). The molecule has 0 aliphatic rings. The molecule has 0 aliphatic carbocycles. The van der Waals surface area contributed by atoms with Gasteiger partial charge in [0.15, 0.2) is 17.5 Å². The van der Waals surface area contributed by atoms with E-state index >= 15 is 0 Å². The average molecular weight is 417 g/mol. The molecule has 0 saturated heterocycles. The number of ether oxygens (including phenoxy) is 1. The summed E-state index contributed by atoms with van der Waals surface area (Å²) in [6, 6.07) is 7.10. The van der Waals surface area contributed by atoms with Gasteiger partial charge in [-0.15, -0.1) is 0 Å². The predicted molar refractivity (Wildman–Crippen MR) is 91.9 cm³/mol. The largest absolute Gasteiger partial charge is 0.451 e. The number of hydrogen-bond acceptors (Lipinski definition) is 6. The summed E-state index contributed by atoms with van der Waals surface area (Å²) < 4.78 is 5.66. The number of nitrogens with one attached hydrogen (secondary N) is 1. The number of anilines is 1. The number of carbonyl (C=O) groups excluding carboxylic acids is 2.